The number of benzene rings is 1. The van der Waals surface area contributed by atoms with Gasteiger partial charge in [0, 0.05) is 11.8 Å². The number of imidazole rings is 1. The molecule has 1 N–H and O–H groups in total. The third-order valence-electron chi connectivity index (χ3n) is 3.22. The number of hydrogen-bond donors (Lipinski definition) is 1. The molecule has 0 unspecified atom stereocenters. The van der Waals surface area contributed by atoms with Crippen LogP contribution in [-0.4, -0.2) is 36.3 Å². The van der Waals surface area contributed by atoms with Gasteiger partial charge in [-0.25, -0.2) is 4.98 Å². The molecule has 23 heavy (non-hydrogen) atoms. The van der Waals surface area contributed by atoms with Crippen LogP contribution in [0.15, 0.2) is 30.6 Å². The molecule has 3 aromatic rings. The minimum Gasteiger partial charge on any atom is -0.493 e. The fourth-order valence-electron chi connectivity index (χ4n) is 2.21. The Morgan fingerprint density at radius 2 is 1.61 bits per heavy atom. The number of nitrogens with zero attached hydrogens (tertiary/aromatic N) is 2. The van der Waals surface area contributed by atoms with Crippen molar-refractivity contribution in [1.29, 1.82) is 0 Å². The molecule has 0 atom stereocenters. The van der Waals surface area contributed by atoms with Crippen molar-refractivity contribution in [2.75, 3.05) is 21.3 Å². The van der Waals surface area contributed by atoms with E-state index in [2.05, 4.69) is 15.0 Å². The van der Waals surface area contributed by atoms with Crippen LogP contribution >= 0.6 is 24.8 Å². The minimum absolute atomic E-state index is 0. The quantitative estimate of drug-likeness (QED) is 0.773. The average molecular weight is 358 g/mol. The van der Waals surface area contributed by atoms with Crippen LogP contribution in [0.4, 0.5) is 0 Å². The SMILES string of the molecule is COc1cc(-c2nc3ccncc3[nH]2)cc(OC)c1OC.Cl.Cl. The van der Waals surface area contributed by atoms with Gasteiger partial charge in [-0.2, -0.15) is 0 Å². The molecule has 0 fully saturated rings. The van der Waals surface area contributed by atoms with E-state index in [1.54, 1.807) is 33.7 Å². The number of H-pyrrole nitrogens is 1. The van der Waals surface area contributed by atoms with Crippen LogP contribution < -0.4 is 14.2 Å². The Bertz CT molecular complexity index is 734. The number of rotatable bonds is 4. The maximum atomic E-state index is 5.36. The van der Waals surface area contributed by atoms with Crippen LogP contribution in [0, 0.1) is 0 Å². The number of halogens is 2. The minimum atomic E-state index is 0. The number of pyridine rings is 1. The number of aromatic amines is 1. The summed E-state index contributed by atoms with van der Waals surface area (Å²) in [6.07, 6.45) is 3.45. The van der Waals surface area contributed by atoms with E-state index < -0.39 is 0 Å². The molecular formula is C15H17Cl2N3O3. The van der Waals surface area contributed by atoms with Crippen molar-refractivity contribution in [3.8, 4) is 28.6 Å². The van der Waals surface area contributed by atoms with E-state index in [1.165, 1.54) is 0 Å². The molecule has 2 heterocycles. The van der Waals surface area contributed by atoms with E-state index in [-0.39, 0.29) is 24.8 Å². The first-order valence-corrected chi connectivity index (χ1v) is 6.37. The van der Waals surface area contributed by atoms with E-state index in [0.717, 1.165) is 22.4 Å². The molecule has 0 radical (unpaired) electrons. The van der Waals surface area contributed by atoms with E-state index in [1.807, 2.05) is 18.2 Å². The zero-order valence-corrected chi connectivity index (χ0v) is 14.5. The van der Waals surface area contributed by atoms with Gasteiger partial charge in [-0.1, -0.05) is 0 Å². The second-order valence-electron chi connectivity index (χ2n) is 4.39. The van der Waals surface area contributed by atoms with Gasteiger partial charge in [0.25, 0.3) is 0 Å². The van der Waals surface area contributed by atoms with Gasteiger partial charge in [-0.15, -0.1) is 24.8 Å². The van der Waals surface area contributed by atoms with Gasteiger partial charge < -0.3 is 19.2 Å². The van der Waals surface area contributed by atoms with Gasteiger partial charge in [0.05, 0.1) is 38.6 Å². The van der Waals surface area contributed by atoms with E-state index in [4.69, 9.17) is 14.2 Å². The van der Waals surface area contributed by atoms with E-state index in [9.17, 15) is 0 Å². The lowest BCUT2D eigenvalue weighted by Crippen LogP contribution is -1.96. The van der Waals surface area contributed by atoms with Crippen molar-refractivity contribution in [2.24, 2.45) is 0 Å². The Labute approximate surface area is 146 Å². The average Bonchev–Trinajstić information content (AvgIpc) is 2.97. The predicted octanol–water partition coefficient (Wildman–Crippen LogP) is 3.49. The number of aromatic nitrogens is 3. The Morgan fingerprint density at radius 3 is 2.13 bits per heavy atom. The molecule has 0 amide bonds. The predicted molar refractivity (Wildman–Crippen MR) is 93.5 cm³/mol. The summed E-state index contributed by atoms with van der Waals surface area (Å²) >= 11 is 0. The molecule has 124 valence electrons. The molecule has 0 bridgehead atoms. The zero-order valence-electron chi connectivity index (χ0n) is 12.8. The molecule has 8 heteroatoms. The van der Waals surface area contributed by atoms with Crippen molar-refractivity contribution in [1.82, 2.24) is 15.0 Å². The van der Waals surface area contributed by atoms with Gasteiger partial charge in [0.1, 0.15) is 5.82 Å². The van der Waals surface area contributed by atoms with Crippen LogP contribution in [0.25, 0.3) is 22.4 Å². The monoisotopic (exact) mass is 357 g/mol. The molecule has 0 aliphatic carbocycles. The summed E-state index contributed by atoms with van der Waals surface area (Å²) in [6.45, 7) is 0. The fourth-order valence-corrected chi connectivity index (χ4v) is 2.21. The number of hydrogen-bond acceptors (Lipinski definition) is 5. The van der Waals surface area contributed by atoms with Crippen LogP contribution in [-0.2, 0) is 0 Å². The van der Waals surface area contributed by atoms with Crippen LogP contribution in [0.5, 0.6) is 17.2 Å². The fraction of sp³-hybridized carbons (Fsp3) is 0.200. The summed E-state index contributed by atoms with van der Waals surface area (Å²) in [7, 11) is 4.75. The van der Waals surface area contributed by atoms with Crippen molar-refractivity contribution in [3.05, 3.63) is 30.6 Å². The highest BCUT2D eigenvalue weighted by Gasteiger charge is 2.15. The second-order valence-corrected chi connectivity index (χ2v) is 4.39. The van der Waals surface area contributed by atoms with Gasteiger partial charge in [0.15, 0.2) is 11.5 Å². The first kappa shape index (κ1) is 18.9. The lowest BCUT2D eigenvalue weighted by molar-refractivity contribution is 0.324. The molecule has 0 aliphatic rings. The lowest BCUT2D eigenvalue weighted by Gasteiger charge is -2.13. The maximum Gasteiger partial charge on any atom is 0.203 e. The number of nitrogens with one attached hydrogen (secondary N) is 1. The second kappa shape index (κ2) is 7.89. The van der Waals surface area contributed by atoms with E-state index in [0.29, 0.717) is 17.2 Å². The summed E-state index contributed by atoms with van der Waals surface area (Å²) in [6, 6.07) is 5.56. The summed E-state index contributed by atoms with van der Waals surface area (Å²) in [5.74, 6) is 2.45. The van der Waals surface area contributed by atoms with Crippen molar-refractivity contribution >= 4 is 35.8 Å². The Morgan fingerprint density at radius 1 is 0.957 bits per heavy atom. The van der Waals surface area contributed by atoms with Crippen molar-refractivity contribution < 1.29 is 14.2 Å². The normalized spacial score (nSPS) is 9.70. The van der Waals surface area contributed by atoms with Crippen molar-refractivity contribution in [3.63, 3.8) is 0 Å². The molecule has 3 rings (SSSR count). The Hall–Kier alpha value is -2.18. The molecule has 6 nitrogen and oxygen atoms in total. The topological polar surface area (TPSA) is 69.3 Å². The number of methoxy groups -OCH3 is 3. The zero-order chi connectivity index (χ0) is 14.8. The third kappa shape index (κ3) is 3.43. The van der Waals surface area contributed by atoms with Crippen LogP contribution in [0.3, 0.4) is 0 Å². The first-order valence-electron chi connectivity index (χ1n) is 6.37. The molecular weight excluding hydrogens is 341 g/mol. The van der Waals surface area contributed by atoms with Crippen LogP contribution in [0.2, 0.25) is 0 Å². The molecule has 0 spiro atoms. The van der Waals surface area contributed by atoms with Gasteiger partial charge in [0.2, 0.25) is 5.75 Å². The smallest absolute Gasteiger partial charge is 0.203 e. The highest BCUT2D eigenvalue weighted by atomic mass is 35.5. The first-order chi connectivity index (χ1) is 10.3. The lowest BCUT2D eigenvalue weighted by atomic mass is 10.1. The van der Waals surface area contributed by atoms with Gasteiger partial charge >= 0.3 is 0 Å². The Balaban J connectivity index is 0.00000132. The van der Waals surface area contributed by atoms with Gasteiger partial charge in [-0.3, -0.25) is 4.98 Å². The molecule has 1 aromatic carbocycles. The molecule has 0 aliphatic heterocycles. The largest absolute Gasteiger partial charge is 0.493 e. The number of ether oxygens (including phenoxy) is 3. The summed E-state index contributed by atoms with van der Waals surface area (Å²) in [4.78, 5) is 11.8. The summed E-state index contributed by atoms with van der Waals surface area (Å²) in [5, 5.41) is 0. The standard InChI is InChI=1S/C15H15N3O3.2ClH/c1-19-12-6-9(7-13(20-2)14(12)21-3)15-17-10-4-5-16-8-11(10)18-15;;/h4-8H,1-3H3,(H,17,18);2*1H. The maximum absolute atomic E-state index is 5.36. The molecule has 0 saturated heterocycles. The molecule has 0 saturated carbocycles. The number of fused-ring (bicyclic) bond motifs is 1. The highest BCUT2D eigenvalue weighted by molar-refractivity contribution is 5.85. The third-order valence-corrected chi connectivity index (χ3v) is 3.22. The van der Waals surface area contributed by atoms with Gasteiger partial charge in [-0.05, 0) is 18.2 Å². The molecule has 2 aromatic heterocycles. The van der Waals surface area contributed by atoms with Crippen molar-refractivity contribution in [2.45, 2.75) is 0 Å². The highest BCUT2D eigenvalue weighted by Crippen LogP contribution is 2.40. The van der Waals surface area contributed by atoms with E-state index >= 15 is 0 Å². The Kier molecular flexibility index (Phi) is 6.48. The van der Waals surface area contributed by atoms with Crippen LogP contribution in [0.1, 0.15) is 0 Å². The summed E-state index contributed by atoms with van der Waals surface area (Å²) < 4.78 is 16.0. The summed E-state index contributed by atoms with van der Waals surface area (Å²) in [5.41, 5.74) is 2.58.